The lowest BCUT2D eigenvalue weighted by Crippen LogP contribution is -2.63. The SMILES string of the molecule is CC(=O)c1ccc2n1CC(C)(C)NC21CCN(C(=O)c2ccc(OC(C)C)c(C(F)(F)F)c2)CC1. The van der Waals surface area contributed by atoms with E-state index in [-0.39, 0.29) is 22.6 Å². The van der Waals surface area contributed by atoms with Crippen molar-refractivity contribution in [2.75, 3.05) is 13.1 Å². The molecule has 2 aliphatic heterocycles. The average molecular weight is 492 g/mol. The van der Waals surface area contributed by atoms with E-state index in [4.69, 9.17) is 4.74 Å². The van der Waals surface area contributed by atoms with Crippen LogP contribution in [-0.4, -0.2) is 45.9 Å². The van der Waals surface area contributed by atoms with Gasteiger partial charge in [0.15, 0.2) is 5.78 Å². The van der Waals surface area contributed by atoms with Gasteiger partial charge in [0.1, 0.15) is 5.75 Å². The minimum absolute atomic E-state index is 0.00192. The van der Waals surface area contributed by atoms with Crippen molar-refractivity contribution in [1.29, 1.82) is 0 Å². The van der Waals surface area contributed by atoms with Crippen molar-refractivity contribution in [3.63, 3.8) is 0 Å². The molecule has 1 fully saturated rings. The van der Waals surface area contributed by atoms with Crippen molar-refractivity contribution in [3.05, 3.63) is 52.8 Å². The number of benzene rings is 1. The Morgan fingerprint density at radius 2 is 1.74 bits per heavy atom. The zero-order valence-corrected chi connectivity index (χ0v) is 20.8. The molecular formula is C26H32F3N3O3. The summed E-state index contributed by atoms with van der Waals surface area (Å²) in [6, 6.07) is 7.32. The van der Waals surface area contributed by atoms with E-state index in [1.165, 1.54) is 12.1 Å². The molecule has 9 heteroatoms. The van der Waals surface area contributed by atoms with Crippen LogP contribution in [0.1, 0.15) is 79.6 Å². The van der Waals surface area contributed by atoms with E-state index in [0.29, 0.717) is 38.2 Å². The first-order valence-electron chi connectivity index (χ1n) is 11.9. The molecule has 0 radical (unpaired) electrons. The molecule has 1 saturated heterocycles. The number of hydrogen-bond acceptors (Lipinski definition) is 4. The molecule has 3 heterocycles. The molecule has 1 aromatic carbocycles. The van der Waals surface area contributed by atoms with Crippen molar-refractivity contribution in [2.45, 2.75) is 77.4 Å². The number of fused-ring (bicyclic) bond motifs is 2. The summed E-state index contributed by atoms with van der Waals surface area (Å²) in [6.07, 6.45) is -3.89. The molecule has 6 nitrogen and oxygen atoms in total. The molecule has 0 atom stereocenters. The lowest BCUT2D eigenvalue weighted by atomic mass is 9.79. The number of ketones is 1. The number of aromatic nitrogens is 1. The molecule has 0 aliphatic carbocycles. The Morgan fingerprint density at radius 1 is 1.09 bits per heavy atom. The summed E-state index contributed by atoms with van der Waals surface area (Å²) in [6.45, 7) is 10.4. The standard InChI is InChI=1S/C26H32F3N3O3/c1-16(2)35-21-8-6-18(14-19(21)26(27,28)29)23(34)31-12-10-25(11-13-31)22-9-7-20(17(3)33)32(22)15-24(4,5)30-25/h6-9,14,16,30H,10-13,15H2,1-5H3. The third-order valence-corrected chi connectivity index (χ3v) is 6.76. The number of nitrogens with zero attached hydrogens (tertiary/aromatic N) is 2. The molecule has 1 N–H and O–H groups in total. The fourth-order valence-electron chi connectivity index (χ4n) is 5.41. The number of nitrogens with one attached hydrogen (secondary N) is 1. The molecule has 4 rings (SSSR count). The second-order valence-corrected chi connectivity index (χ2v) is 10.5. The number of rotatable bonds is 4. The maximum atomic E-state index is 13.7. The lowest BCUT2D eigenvalue weighted by molar-refractivity contribution is -0.139. The van der Waals surface area contributed by atoms with Gasteiger partial charge in [0, 0.05) is 43.4 Å². The summed E-state index contributed by atoms with van der Waals surface area (Å²) >= 11 is 0. The van der Waals surface area contributed by atoms with Crippen LogP contribution in [-0.2, 0) is 18.3 Å². The van der Waals surface area contributed by atoms with Gasteiger partial charge < -0.3 is 14.2 Å². The molecule has 0 unspecified atom stereocenters. The summed E-state index contributed by atoms with van der Waals surface area (Å²) in [5, 5.41) is 3.74. The van der Waals surface area contributed by atoms with Crippen LogP contribution < -0.4 is 10.1 Å². The number of carbonyl (C=O) groups is 2. The number of Topliss-reactive ketones (excluding diaryl/α,β-unsaturated/α-hetero) is 1. The third-order valence-electron chi connectivity index (χ3n) is 6.76. The molecule has 1 spiro atoms. The maximum absolute atomic E-state index is 13.7. The Bertz CT molecular complexity index is 1140. The van der Waals surface area contributed by atoms with Gasteiger partial charge in [-0.3, -0.25) is 14.9 Å². The normalized spacial score (nSPS) is 19.1. The summed E-state index contributed by atoms with van der Waals surface area (Å²) < 4.78 is 48.4. The smallest absolute Gasteiger partial charge is 0.419 e. The highest BCUT2D eigenvalue weighted by atomic mass is 19.4. The Labute approximate surface area is 203 Å². The number of piperidine rings is 1. The molecule has 0 saturated carbocycles. The van der Waals surface area contributed by atoms with Crippen LogP contribution in [0.5, 0.6) is 5.75 Å². The summed E-state index contributed by atoms with van der Waals surface area (Å²) in [4.78, 5) is 27.0. The quantitative estimate of drug-likeness (QED) is 0.611. The number of carbonyl (C=O) groups excluding carboxylic acids is 2. The Morgan fingerprint density at radius 3 is 2.31 bits per heavy atom. The van der Waals surface area contributed by atoms with Gasteiger partial charge in [-0.2, -0.15) is 13.2 Å². The highest BCUT2D eigenvalue weighted by Gasteiger charge is 2.46. The van der Waals surface area contributed by atoms with Crippen molar-refractivity contribution in [2.24, 2.45) is 0 Å². The fraction of sp³-hybridized carbons (Fsp3) is 0.538. The van der Waals surface area contributed by atoms with Crippen LogP contribution in [0, 0.1) is 0 Å². The molecule has 2 aliphatic rings. The maximum Gasteiger partial charge on any atom is 0.419 e. The van der Waals surface area contributed by atoms with Gasteiger partial charge in [0.05, 0.1) is 22.9 Å². The summed E-state index contributed by atoms with van der Waals surface area (Å²) in [5.41, 5.74) is 0.0353. The van der Waals surface area contributed by atoms with E-state index in [1.807, 2.05) is 12.1 Å². The van der Waals surface area contributed by atoms with E-state index in [0.717, 1.165) is 11.8 Å². The molecule has 2 aromatic rings. The predicted octanol–water partition coefficient (Wildman–Crippen LogP) is 5.01. The number of hydrogen-bond donors (Lipinski definition) is 1. The topological polar surface area (TPSA) is 63.6 Å². The van der Waals surface area contributed by atoms with E-state index in [2.05, 4.69) is 23.7 Å². The number of likely N-dealkylation sites (tertiary alicyclic amines) is 1. The molecule has 35 heavy (non-hydrogen) atoms. The second-order valence-electron chi connectivity index (χ2n) is 10.5. The zero-order chi connectivity index (χ0) is 25.8. The van der Waals surface area contributed by atoms with Crippen molar-refractivity contribution >= 4 is 11.7 Å². The molecule has 0 bridgehead atoms. The number of ether oxygens (including phenoxy) is 1. The Balaban J connectivity index is 1.58. The Hall–Kier alpha value is -2.81. The van der Waals surface area contributed by atoms with Gasteiger partial charge in [-0.15, -0.1) is 0 Å². The first-order valence-corrected chi connectivity index (χ1v) is 11.9. The van der Waals surface area contributed by atoms with Crippen LogP contribution in [0.2, 0.25) is 0 Å². The first kappa shape index (κ1) is 25.3. The summed E-state index contributed by atoms with van der Waals surface area (Å²) in [5.74, 6) is -0.712. The van der Waals surface area contributed by atoms with Crippen LogP contribution >= 0.6 is 0 Å². The highest BCUT2D eigenvalue weighted by molar-refractivity contribution is 5.95. The number of alkyl halides is 3. The van der Waals surface area contributed by atoms with Crippen molar-refractivity contribution < 1.29 is 27.5 Å². The Kier molecular flexibility index (Phi) is 6.28. The second kappa shape index (κ2) is 8.69. The average Bonchev–Trinajstić information content (AvgIpc) is 3.16. The number of amides is 1. The van der Waals surface area contributed by atoms with Crippen molar-refractivity contribution in [1.82, 2.24) is 14.8 Å². The number of halogens is 3. The van der Waals surface area contributed by atoms with Gasteiger partial charge in [-0.25, -0.2) is 0 Å². The third kappa shape index (κ3) is 4.83. The van der Waals surface area contributed by atoms with Gasteiger partial charge in [0.25, 0.3) is 5.91 Å². The zero-order valence-electron chi connectivity index (χ0n) is 20.8. The van der Waals surface area contributed by atoms with Crippen LogP contribution in [0.25, 0.3) is 0 Å². The minimum Gasteiger partial charge on any atom is -0.490 e. The van der Waals surface area contributed by atoms with Crippen LogP contribution in [0.3, 0.4) is 0 Å². The van der Waals surface area contributed by atoms with E-state index in [1.54, 1.807) is 25.7 Å². The van der Waals surface area contributed by atoms with Crippen LogP contribution in [0.15, 0.2) is 30.3 Å². The van der Waals surface area contributed by atoms with Crippen molar-refractivity contribution in [3.8, 4) is 5.75 Å². The highest BCUT2D eigenvalue weighted by Crippen LogP contribution is 2.41. The fourth-order valence-corrected chi connectivity index (χ4v) is 5.41. The molecule has 1 aromatic heterocycles. The lowest BCUT2D eigenvalue weighted by Gasteiger charge is -2.51. The van der Waals surface area contributed by atoms with E-state index in [9.17, 15) is 22.8 Å². The van der Waals surface area contributed by atoms with Gasteiger partial charge in [-0.05, 0) is 70.9 Å². The summed E-state index contributed by atoms with van der Waals surface area (Å²) in [7, 11) is 0. The molecule has 190 valence electrons. The van der Waals surface area contributed by atoms with E-state index < -0.39 is 29.3 Å². The monoisotopic (exact) mass is 491 g/mol. The van der Waals surface area contributed by atoms with E-state index >= 15 is 0 Å². The minimum atomic E-state index is -4.64. The largest absolute Gasteiger partial charge is 0.490 e. The van der Waals surface area contributed by atoms with Gasteiger partial charge >= 0.3 is 6.18 Å². The van der Waals surface area contributed by atoms with Crippen LogP contribution in [0.4, 0.5) is 13.2 Å². The predicted molar refractivity (Wildman–Crippen MR) is 126 cm³/mol. The molecule has 1 amide bonds. The first-order chi connectivity index (χ1) is 16.2. The van der Waals surface area contributed by atoms with Gasteiger partial charge in [0.2, 0.25) is 0 Å². The molecular weight excluding hydrogens is 459 g/mol. The van der Waals surface area contributed by atoms with Gasteiger partial charge in [-0.1, -0.05) is 0 Å².